The van der Waals surface area contributed by atoms with E-state index in [2.05, 4.69) is 33.4 Å². The van der Waals surface area contributed by atoms with E-state index >= 15 is 0 Å². The van der Waals surface area contributed by atoms with Crippen molar-refractivity contribution in [1.29, 1.82) is 0 Å². The number of rotatable bonds is 4. The normalized spacial score (nSPS) is 24.0. The van der Waals surface area contributed by atoms with E-state index in [0.29, 0.717) is 0 Å². The molecular formula is C13H19BrN2O2S. The van der Waals surface area contributed by atoms with Crippen LogP contribution in [0.4, 0.5) is 0 Å². The first-order valence-corrected chi connectivity index (χ1v) is 8.67. The van der Waals surface area contributed by atoms with E-state index in [4.69, 9.17) is 0 Å². The van der Waals surface area contributed by atoms with Crippen LogP contribution >= 0.6 is 15.9 Å². The Morgan fingerprint density at radius 2 is 1.89 bits per heavy atom. The Kier molecular flexibility index (Phi) is 4.66. The van der Waals surface area contributed by atoms with E-state index in [1.165, 1.54) is 9.87 Å². The SMILES string of the molecule is CN(C)S(=O)(=O)CC1CNCC1c1ccc(Br)cc1. The summed E-state index contributed by atoms with van der Waals surface area (Å²) in [5.74, 6) is 0.602. The second-order valence-corrected chi connectivity index (χ2v) is 8.28. The zero-order valence-corrected chi connectivity index (χ0v) is 13.5. The van der Waals surface area contributed by atoms with E-state index in [0.717, 1.165) is 17.6 Å². The molecule has 1 aliphatic heterocycles. The number of sulfonamides is 1. The van der Waals surface area contributed by atoms with Crippen molar-refractivity contribution in [2.24, 2.45) is 5.92 Å². The van der Waals surface area contributed by atoms with Crippen molar-refractivity contribution in [3.63, 3.8) is 0 Å². The standard InChI is InChI=1S/C13H19BrN2O2S/c1-16(2)19(17,18)9-11-7-15-8-13(11)10-3-5-12(14)6-4-10/h3-6,11,13,15H,7-9H2,1-2H3. The van der Waals surface area contributed by atoms with E-state index in [-0.39, 0.29) is 17.6 Å². The Morgan fingerprint density at radius 3 is 2.47 bits per heavy atom. The zero-order chi connectivity index (χ0) is 14.0. The fourth-order valence-corrected chi connectivity index (χ4v) is 3.88. The molecule has 2 atom stereocenters. The van der Waals surface area contributed by atoms with Crippen LogP contribution in [-0.4, -0.2) is 45.7 Å². The average Bonchev–Trinajstić information content (AvgIpc) is 2.77. The van der Waals surface area contributed by atoms with Gasteiger partial charge in [0.25, 0.3) is 0 Å². The third-order valence-corrected chi connectivity index (χ3v) is 6.11. The lowest BCUT2D eigenvalue weighted by molar-refractivity contribution is 0.492. The van der Waals surface area contributed by atoms with Crippen LogP contribution in [0.1, 0.15) is 11.5 Å². The average molecular weight is 347 g/mol. The van der Waals surface area contributed by atoms with Crippen LogP contribution in [0, 0.1) is 5.92 Å². The number of halogens is 1. The topological polar surface area (TPSA) is 49.4 Å². The largest absolute Gasteiger partial charge is 0.316 e. The number of nitrogens with one attached hydrogen (secondary N) is 1. The molecule has 1 heterocycles. The van der Waals surface area contributed by atoms with Crippen molar-refractivity contribution in [2.75, 3.05) is 32.9 Å². The highest BCUT2D eigenvalue weighted by Gasteiger charge is 2.32. The van der Waals surface area contributed by atoms with Crippen LogP contribution in [0.2, 0.25) is 0 Å². The van der Waals surface area contributed by atoms with Gasteiger partial charge in [-0.05, 0) is 30.2 Å². The third kappa shape index (κ3) is 3.56. The highest BCUT2D eigenvalue weighted by Crippen LogP contribution is 2.30. The molecule has 4 nitrogen and oxygen atoms in total. The molecular weight excluding hydrogens is 328 g/mol. The van der Waals surface area contributed by atoms with Crippen molar-refractivity contribution >= 4 is 26.0 Å². The first-order valence-electron chi connectivity index (χ1n) is 6.26. The van der Waals surface area contributed by atoms with E-state index in [9.17, 15) is 8.42 Å². The molecule has 1 aromatic carbocycles. The lowest BCUT2D eigenvalue weighted by atomic mass is 9.90. The molecule has 0 aromatic heterocycles. The molecule has 1 N–H and O–H groups in total. The number of hydrogen-bond acceptors (Lipinski definition) is 3. The zero-order valence-electron chi connectivity index (χ0n) is 11.1. The Labute approximate surface area is 123 Å². The monoisotopic (exact) mass is 346 g/mol. The maximum atomic E-state index is 12.0. The van der Waals surface area contributed by atoms with Crippen LogP contribution in [0.5, 0.6) is 0 Å². The summed E-state index contributed by atoms with van der Waals surface area (Å²) in [5.41, 5.74) is 1.20. The highest BCUT2D eigenvalue weighted by atomic mass is 79.9. The van der Waals surface area contributed by atoms with Gasteiger partial charge in [-0.15, -0.1) is 0 Å². The molecule has 0 bridgehead atoms. The summed E-state index contributed by atoms with van der Waals surface area (Å²) in [6, 6.07) is 8.14. The summed E-state index contributed by atoms with van der Waals surface area (Å²) < 4.78 is 26.4. The molecule has 6 heteroatoms. The van der Waals surface area contributed by atoms with Crippen molar-refractivity contribution < 1.29 is 8.42 Å². The number of nitrogens with zero attached hydrogens (tertiary/aromatic N) is 1. The first-order chi connectivity index (χ1) is 8.90. The summed E-state index contributed by atoms with van der Waals surface area (Å²) >= 11 is 3.42. The minimum absolute atomic E-state index is 0.133. The summed E-state index contributed by atoms with van der Waals surface area (Å²) in [5, 5.41) is 3.30. The van der Waals surface area contributed by atoms with Gasteiger partial charge in [-0.2, -0.15) is 0 Å². The maximum absolute atomic E-state index is 12.0. The second-order valence-electron chi connectivity index (χ2n) is 5.14. The minimum atomic E-state index is -3.15. The molecule has 1 saturated heterocycles. The third-order valence-electron chi connectivity index (χ3n) is 3.62. The van der Waals surface area contributed by atoms with Crippen molar-refractivity contribution in [3.05, 3.63) is 34.3 Å². The molecule has 19 heavy (non-hydrogen) atoms. The Bertz CT molecular complexity index is 528. The Balaban J connectivity index is 2.15. The molecule has 0 amide bonds. The molecule has 2 unspecified atom stereocenters. The molecule has 2 rings (SSSR count). The molecule has 1 aliphatic rings. The van der Waals surface area contributed by atoms with E-state index in [1.807, 2.05) is 12.1 Å². The molecule has 1 aromatic rings. The minimum Gasteiger partial charge on any atom is -0.316 e. The van der Waals surface area contributed by atoms with Crippen LogP contribution in [0.25, 0.3) is 0 Å². The predicted octanol–water partition coefficient (Wildman–Crippen LogP) is 1.64. The van der Waals surface area contributed by atoms with Gasteiger partial charge < -0.3 is 5.32 Å². The van der Waals surface area contributed by atoms with Gasteiger partial charge in [0.2, 0.25) is 10.0 Å². The van der Waals surface area contributed by atoms with Crippen LogP contribution in [0.3, 0.4) is 0 Å². The smallest absolute Gasteiger partial charge is 0.213 e. The Morgan fingerprint density at radius 1 is 1.26 bits per heavy atom. The quantitative estimate of drug-likeness (QED) is 0.901. The number of benzene rings is 1. The molecule has 0 spiro atoms. The molecule has 0 radical (unpaired) electrons. The van der Waals surface area contributed by atoms with Crippen molar-refractivity contribution in [2.45, 2.75) is 5.92 Å². The molecule has 106 valence electrons. The van der Waals surface area contributed by atoms with Gasteiger partial charge in [0.15, 0.2) is 0 Å². The molecule has 0 saturated carbocycles. The van der Waals surface area contributed by atoms with Crippen LogP contribution < -0.4 is 5.32 Å². The van der Waals surface area contributed by atoms with Gasteiger partial charge in [0, 0.05) is 31.0 Å². The van der Waals surface area contributed by atoms with Crippen LogP contribution in [-0.2, 0) is 10.0 Å². The van der Waals surface area contributed by atoms with Gasteiger partial charge in [0.1, 0.15) is 0 Å². The number of hydrogen-bond donors (Lipinski definition) is 1. The summed E-state index contributed by atoms with van der Waals surface area (Å²) in [4.78, 5) is 0. The Hall–Kier alpha value is -0.430. The summed E-state index contributed by atoms with van der Waals surface area (Å²) in [6.45, 7) is 1.60. The highest BCUT2D eigenvalue weighted by molar-refractivity contribution is 9.10. The molecule has 0 aliphatic carbocycles. The van der Waals surface area contributed by atoms with Gasteiger partial charge in [-0.25, -0.2) is 12.7 Å². The molecule has 1 fully saturated rings. The maximum Gasteiger partial charge on any atom is 0.213 e. The lowest BCUT2D eigenvalue weighted by Crippen LogP contribution is -2.31. The van der Waals surface area contributed by atoms with Gasteiger partial charge in [-0.1, -0.05) is 28.1 Å². The fourth-order valence-electron chi connectivity index (χ4n) is 2.43. The first kappa shape index (κ1) is 15.0. The van der Waals surface area contributed by atoms with Crippen LogP contribution in [0.15, 0.2) is 28.7 Å². The van der Waals surface area contributed by atoms with Crippen molar-refractivity contribution in [3.8, 4) is 0 Å². The van der Waals surface area contributed by atoms with Gasteiger partial charge >= 0.3 is 0 Å². The van der Waals surface area contributed by atoms with Gasteiger partial charge in [-0.3, -0.25) is 0 Å². The summed E-state index contributed by atoms with van der Waals surface area (Å²) in [7, 11) is 0.0326. The lowest BCUT2D eigenvalue weighted by Gasteiger charge is -2.21. The van der Waals surface area contributed by atoms with E-state index in [1.54, 1.807) is 14.1 Å². The second kappa shape index (κ2) is 5.91. The van der Waals surface area contributed by atoms with E-state index < -0.39 is 10.0 Å². The fraction of sp³-hybridized carbons (Fsp3) is 0.538. The van der Waals surface area contributed by atoms with Gasteiger partial charge in [0.05, 0.1) is 5.75 Å². The predicted molar refractivity (Wildman–Crippen MR) is 80.7 cm³/mol. The van der Waals surface area contributed by atoms with Crippen molar-refractivity contribution in [1.82, 2.24) is 9.62 Å². The summed E-state index contributed by atoms with van der Waals surface area (Å²) in [6.07, 6.45) is 0.